The summed E-state index contributed by atoms with van der Waals surface area (Å²) < 4.78 is 4.79. The summed E-state index contributed by atoms with van der Waals surface area (Å²) in [5.41, 5.74) is 1.22. The van der Waals surface area contributed by atoms with Gasteiger partial charge in [-0.3, -0.25) is 10.1 Å². The third-order valence-electron chi connectivity index (χ3n) is 3.02. The minimum atomic E-state index is -0.202. The second kappa shape index (κ2) is 5.56. The molecular formula is C13H17NO2S. The minimum absolute atomic E-state index is 0.176. The highest BCUT2D eigenvalue weighted by Crippen LogP contribution is 2.31. The highest BCUT2D eigenvalue weighted by molar-refractivity contribution is 8.00. The lowest BCUT2D eigenvalue weighted by molar-refractivity contribution is -0.142. The number of rotatable bonds is 2. The number of hydrogen-bond acceptors (Lipinski definition) is 4. The first-order chi connectivity index (χ1) is 8.22. The highest BCUT2D eigenvalue weighted by Gasteiger charge is 2.32. The lowest BCUT2D eigenvalue weighted by Crippen LogP contribution is -2.48. The topological polar surface area (TPSA) is 38.3 Å². The molecule has 4 heteroatoms. The van der Waals surface area contributed by atoms with Gasteiger partial charge >= 0.3 is 5.97 Å². The van der Waals surface area contributed by atoms with Gasteiger partial charge in [0.05, 0.1) is 7.11 Å². The summed E-state index contributed by atoms with van der Waals surface area (Å²) in [6.07, 6.45) is 0. The molecule has 2 rings (SSSR count). The molecule has 3 unspecified atom stereocenters. The molecule has 1 aromatic rings. The van der Waals surface area contributed by atoms with E-state index in [2.05, 4.69) is 24.4 Å². The molecule has 0 saturated carbocycles. The van der Waals surface area contributed by atoms with Crippen molar-refractivity contribution in [1.29, 1.82) is 0 Å². The van der Waals surface area contributed by atoms with E-state index in [0.29, 0.717) is 5.25 Å². The summed E-state index contributed by atoms with van der Waals surface area (Å²) in [6, 6.07) is 10.2. The summed E-state index contributed by atoms with van der Waals surface area (Å²) >= 11 is 1.81. The van der Waals surface area contributed by atoms with Crippen LogP contribution in [0.4, 0.5) is 0 Å². The molecule has 0 aliphatic carbocycles. The van der Waals surface area contributed by atoms with Crippen LogP contribution in [0.3, 0.4) is 0 Å². The van der Waals surface area contributed by atoms with Crippen LogP contribution in [0.15, 0.2) is 30.3 Å². The third-order valence-corrected chi connectivity index (χ3v) is 4.34. The van der Waals surface area contributed by atoms with Crippen molar-refractivity contribution in [2.45, 2.75) is 24.3 Å². The van der Waals surface area contributed by atoms with Gasteiger partial charge in [-0.2, -0.15) is 11.8 Å². The number of esters is 1. The van der Waals surface area contributed by atoms with Crippen LogP contribution in [-0.4, -0.2) is 30.1 Å². The molecule has 0 bridgehead atoms. The number of thioether (sulfide) groups is 1. The zero-order chi connectivity index (χ0) is 12.3. The second-order valence-corrected chi connectivity index (χ2v) is 5.58. The van der Waals surface area contributed by atoms with Crippen LogP contribution in [0, 0.1) is 0 Å². The van der Waals surface area contributed by atoms with Gasteiger partial charge in [0.2, 0.25) is 0 Å². The molecule has 1 aliphatic rings. The summed E-state index contributed by atoms with van der Waals surface area (Å²) in [6.45, 7) is 2.18. The first kappa shape index (κ1) is 12.5. The Balaban J connectivity index is 2.13. The molecule has 3 atom stereocenters. The van der Waals surface area contributed by atoms with Crippen molar-refractivity contribution < 1.29 is 9.53 Å². The summed E-state index contributed by atoms with van der Waals surface area (Å²) in [7, 11) is 1.43. The molecule has 0 aromatic heterocycles. The monoisotopic (exact) mass is 251 g/mol. The first-order valence-corrected chi connectivity index (χ1v) is 6.77. The fourth-order valence-electron chi connectivity index (χ4n) is 2.05. The van der Waals surface area contributed by atoms with Gasteiger partial charge in [-0.25, -0.2) is 0 Å². The van der Waals surface area contributed by atoms with E-state index < -0.39 is 0 Å². The molecule has 1 N–H and O–H groups in total. The van der Waals surface area contributed by atoms with Gasteiger partial charge in [-0.05, 0) is 5.56 Å². The van der Waals surface area contributed by atoms with Crippen molar-refractivity contribution in [2.75, 3.05) is 12.9 Å². The Labute approximate surface area is 106 Å². The van der Waals surface area contributed by atoms with Gasteiger partial charge in [0.15, 0.2) is 0 Å². The van der Waals surface area contributed by atoms with Crippen molar-refractivity contribution in [2.24, 2.45) is 0 Å². The number of ether oxygens (including phenoxy) is 1. The smallest absolute Gasteiger partial charge is 0.323 e. The Kier molecular flexibility index (Phi) is 4.07. The lowest BCUT2D eigenvalue weighted by Gasteiger charge is -2.34. The van der Waals surface area contributed by atoms with Gasteiger partial charge in [0.25, 0.3) is 0 Å². The van der Waals surface area contributed by atoms with Gasteiger partial charge in [-0.15, -0.1) is 0 Å². The van der Waals surface area contributed by atoms with Crippen LogP contribution in [-0.2, 0) is 9.53 Å². The van der Waals surface area contributed by atoms with Gasteiger partial charge in [-0.1, -0.05) is 37.3 Å². The normalized spacial score (nSPS) is 28.7. The number of nitrogens with one attached hydrogen (secondary N) is 1. The van der Waals surface area contributed by atoms with E-state index in [1.807, 2.05) is 30.0 Å². The number of benzene rings is 1. The predicted molar refractivity (Wildman–Crippen MR) is 70.0 cm³/mol. The molecule has 1 aliphatic heterocycles. The van der Waals surface area contributed by atoms with Crippen LogP contribution in [0.2, 0.25) is 0 Å². The van der Waals surface area contributed by atoms with Crippen molar-refractivity contribution in [1.82, 2.24) is 5.32 Å². The van der Waals surface area contributed by atoms with Crippen LogP contribution < -0.4 is 5.32 Å². The van der Waals surface area contributed by atoms with E-state index >= 15 is 0 Å². The molecule has 17 heavy (non-hydrogen) atoms. The molecule has 3 nitrogen and oxygen atoms in total. The Morgan fingerprint density at radius 2 is 2.12 bits per heavy atom. The zero-order valence-electron chi connectivity index (χ0n) is 10.1. The summed E-state index contributed by atoms with van der Waals surface area (Å²) in [5, 5.41) is 3.83. The molecule has 0 radical (unpaired) electrons. The fourth-order valence-corrected chi connectivity index (χ4v) is 3.21. The van der Waals surface area contributed by atoms with E-state index in [4.69, 9.17) is 4.74 Å². The van der Waals surface area contributed by atoms with Crippen LogP contribution in [0.25, 0.3) is 0 Å². The van der Waals surface area contributed by atoms with Gasteiger partial charge < -0.3 is 4.74 Å². The maximum Gasteiger partial charge on any atom is 0.323 e. The molecule has 0 amide bonds. The lowest BCUT2D eigenvalue weighted by atomic mass is 10.0. The fraction of sp³-hybridized carbons (Fsp3) is 0.462. The maximum atomic E-state index is 11.6. The Bertz CT molecular complexity index is 382. The minimum Gasteiger partial charge on any atom is -0.468 e. The Morgan fingerprint density at radius 1 is 1.41 bits per heavy atom. The molecule has 92 valence electrons. The molecule has 0 spiro atoms. The van der Waals surface area contributed by atoms with Gasteiger partial charge in [0.1, 0.15) is 6.04 Å². The van der Waals surface area contributed by atoms with Crippen molar-refractivity contribution in [3.8, 4) is 0 Å². The quantitative estimate of drug-likeness (QED) is 0.816. The molecule has 1 fully saturated rings. The van der Waals surface area contributed by atoms with Crippen molar-refractivity contribution in [3.63, 3.8) is 0 Å². The van der Waals surface area contributed by atoms with Gasteiger partial charge in [0, 0.05) is 17.0 Å². The van der Waals surface area contributed by atoms with Crippen molar-refractivity contribution >= 4 is 17.7 Å². The third kappa shape index (κ3) is 2.82. The van der Waals surface area contributed by atoms with Crippen molar-refractivity contribution in [3.05, 3.63) is 35.9 Å². The second-order valence-electron chi connectivity index (χ2n) is 4.17. The van der Waals surface area contributed by atoms with E-state index in [1.165, 1.54) is 12.7 Å². The molecule has 1 saturated heterocycles. The summed E-state index contributed by atoms with van der Waals surface area (Å²) in [4.78, 5) is 11.6. The summed E-state index contributed by atoms with van der Waals surface area (Å²) in [5.74, 6) is 0.599. The maximum absolute atomic E-state index is 11.6. The molecular weight excluding hydrogens is 234 g/mol. The Morgan fingerprint density at radius 3 is 2.76 bits per heavy atom. The number of methoxy groups -OCH3 is 1. The standard InChI is InChI=1S/C13H17NO2S/c1-9-12(10-6-4-3-5-7-10)14-11(8-17-9)13(15)16-2/h3-7,9,11-12,14H,8H2,1-2H3. The van der Waals surface area contributed by atoms with E-state index in [0.717, 1.165) is 5.75 Å². The predicted octanol–water partition coefficient (Wildman–Crippen LogP) is 1.99. The molecule has 1 heterocycles. The van der Waals surface area contributed by atoms with E-state index in [-0.39, 0.29) is 18.1 Å². The van der Waals surface area contributed by atoms with E-state index in [9.17, 15) is 4.79 Å². The average Bonchev–Trinajstić information content (AvgIpc) is 2.39. The zero-order valence-corrected chi connectivity index (χ0v) is 10.9. The van der Waals surface area contributed by atoms with Crippen LogP contribution in [0.1, 0.15) is 18.5 Å². The van der Waals surface area contributed by atoms with E-state index in [1.54, 1.807) is 0 Å². The van der Waals surface area contributed by atoms with Crippen LogP contribution >= 0.6 is 11.8 Å². The highest BCUT2D eigenvalue weighted by atomic mass is 32.2. The number of carbonyl (C=O) groups is 1. The largest absolute Gasteiger partial charge is 0.468 e. The molecule has 1 aromatic carbocycles. The number of carbonyl (C=O) groups excluding carboxylic acids is 1. The average molecular weight is 251 g/mol. The Hall–Kier alpha value is -1.00. The SMILES string of the molecule is COC(=O)C1CSC(C)C(c2ccccc2)N1. The number of hydrogen-bond donors (Lipinski definition) is 1. The van der Waals surface area contributed by atoms with Crippen LogP contribution in [0.5, 0.6) is 0 Å². The first-order valence-electron chi connectivity index (χ1n) is 5.73.